The zero-order valence-corrected chi connectivity index (χ0v) is 10.9. The maximum atomic E-state index is 10.5. The van der Waals surface area contributed by atoms with Gasteiger partial charge in [-0.1, -0.05) is 19.6 Å². The average Bonchev–Trinajstić information content (AvgIpc) is 2.47. The molecule has 18 heavy (non-hydrogen) atoms. The highest BCUT2D eigenvalue weighted by molar-refractivity contribution is 5.68. The van der Waals surface area contributed by atoms with Crippen LogP contribution in [0.3, 0.4) is 0 Å². The number of rotatable bonds is 4. The summed E-state index contributed by atoms with van der Waals surface area (Å²) in [4.78, 5) is 10.5. The molecule has 0 bridgehead atoms. The molecule has 3 atom stereocenters. The molecule has 5 heteroatoms. The maximum Gasteiger partial charge on any atom is 0.329 e. The molecule has 0 aliphatic carbocycles. The molecule has 1 saturated heterocycles. The minimum absolute atomic E-state index is 0.0708. The number of allylic oxidation sites excluding steroid dienone is 2. The summed E-state index contributed by atoms with van der Waals surface area (Å²) >= 11 is 0. The molecule has 3 unspecified atom stereocenters. The lowest BCUT2D eigenvalue weighted by molar-refractivity contribution is -0.145. The third-order valence-corrected chi connectivity index (χ3v) is 3.15. The molecule has 1 aliphatic heterocycles. The molecule has 1 heterocycles. The second-order valence-corrected chi connectivity index (χ2v) is 4.58. The Labute approximate surface area is 107 Å². The molecule has 5 nitrogen and oxygen atoms in total. The molecular formula is C13H21NO4. The molecule has 102 valence electrons. The zero-order valence-electron chi connectivity index (χ0n) is 10.9. The molecule has 0 spiro atoms. The number of aliphatic carboxylic acids is 1. The fourth-order valence-corrected chi connectivity index (χ4v) is 1.96. The number of carboxylic acids is 1. The van der Waals surface area contributed by atoms with Gasteiger partial charge in [0.05, 0.1) is 6.10 Å². The van der Waals surface area contributed by atoms with Gasteiger partial charge in [0.15, 0.2) is 0 Å². The normalized spacial score (nSPS) is 31.2. The van der Waals surface area contributed by atoms with Gasteiger partial charge in [-0.05, 0) is 18.9 Å². The fraction of sp³-hybridized carbons (Fsp3) is 0.615. The van der Waals surface area contributed by atoms with Gasteiger partial charge < -0.3 is 20.3 Å². The molecular weight excluding hydrogens is 234 g/mol. The van der Waals surface area contributed by atoms with Crippen molar-refractivity contribution in [2.45, 2.75) is 32.4 Å². The van der Waals surface area contributed by atoms with Crippen LogP contribution in [0.4, 0.5) is 0 Å². The number of nitrogens with two attached hydrogens (primary N) is 1. The zero-order chi connectivity index (χ0) is 13.7. The molecule has 1 fully saturated rings. The summed E-state index contributed by atoms with van der Waals surface area (Å²) in [6, 6.07) is -0.115. The number of carboxylic acid groups (broad SMARTS) is 1. The minimum Gasteiger partial charge on any atom is -0.495 e. The van der Waals surface area contributed by atoms with Crippen LogP contribution >= 0.6 is 0 Å². The van der Waals surface area contributed by atoms with E-state index in [1.165, 1.54) is 0 Å². The van der Waals surface area contributed by atoms with Crippen LogP contribution in [0.1, 0.15) is 20.3 Å². The summed E-state index contributed by atoms with van der Waals surface area (Å²) in [5, 5.41) is 8.59. The first kappa shape index (κ1) is 14.7. The Morgan fingerprint density at radius 1 is 1.72 bits per heavy atom. The van der Waals surface area contributed by atoms with Crippen molar-refractivity contribution in [1.29, 1.82) is 0 Å². The third kappa shape index (κ3) is 3.85. The van der Waals surface area contributed by atoms with Crippen LogP contribution in [0.15, 0.2) is 24.0 Å². The quantitative estimate of drug-likeness (QED) is 0.791. The Morgan fingerprint density at radius 3 is 2.94 bits per heavy atom. The Kier molecular flexibility index (Phi) is 5.37. The van der Waals surface area contributed by atoms with Gasteiger partial charge in [0.25, 0.3) is 0 Å². The van der Waals surface area contributed by atoms with Gasteiger partial charge in [0.2, 0.25) is 0 Å². The Bertz CT molecular complexity index is 351. The molecule has 1 aliphatic rings. The van der Waals surface area contributed by atoms with Crippen molar-refractivity contribution in [3.05, 3.63) is 24.0 Å². The summed E-state index contributed by atoms with van der Waals surface area (Å²) in [5.74, 6) is -0.0979. The standard InChI is InChI=1S/C13H21NO4/c1-4-8(2)13-9(3)11(14)5-10(6-18-13)17-7-12(15)16/h4,9-11H,1,5-7,14H2,2-3H3,(H,15,16)/b13-8+. The van der Waals surface area contributed by atoms with E-state index in [9.17, 15) is 4.79 Å². The van der Waals surface area contributed by atoms with Gasteiger partial charge in [-0.15, -0.1) is 0 Å². The van der Waals surface area contributed by atoms with Gasteiger partial charge in [0.1, 0.15) is 19.0 Å². The van der Waals surface area contributed by atoms with E-state index in [2.05, 4.69) is 6.58 Å². The van der Waals surface area contributed by atoms with Gasteiger partial charge >= 0.3 is 5.97 Å². The Hall–Kier alpha value is -1.33. The van der Waals surface area contributed by atoms with E-state index in [1.54, 1.807) is 6.08 Å². The van der Waals surface area contributed by atoms with Gasteiger partial charge in [0, 0.05) is 12.0 Å². The van der Waals surface area contributed by atoms with E-state index in [0.29, 0.717) is 13.0 Å². The lowest BCUT2D eigenvalue weighted by Gasteiger charge is -2.19. The van der Waals surface area contributed by atoms with Gasteiger partial charge in [-0.2, -0.15) is 0 Å². The number of carbonyl (C=O) groups is 1. The summed E-state index contributed by atoms with van der Waals surface area (Å²) in [6.07, 6.45) is 2.04. The van der Waals surface area contributed by atoms with E-state index >= 15 is 0 Å². The molecule has 0 amide bonds. The van der Waals surface area contributed by atoms with Crippen LogP contribution in [0.2, 0.25) is 0 Å². The van der Waals surface area contributed by atoms with Crippen molar-refractivity contribution >= 4 is 5.97 Å². The number of ether oxygens (including phenoxy) is 2. The lowest BCUT2D eigenvalue weighted by Crippen LogP contribution is -2.33. The van der Waals surface area contributed by atoms with E-state index in [1.807, 2.05) is 13.8 Å². The average molecular weight is 255 g/mol. The maximum absolute atomic E-state index is 10.5. The van der Waals surface area contributed by atoms with Crippen molar-refractivity contribution in [1.82, 2.24) is 0 Å². The second kappa shape index (κ2) is 6.56. The lowest BCUT2D eigenvalue weighted by atomic mass is 9.94. The van der Waals surface area contributed by atoms with Crippen LogP contribution in [0.25, 0.3) is 0 Å². The first-order chi connectivity index (χ1) is 8.45. The van der Waals surface area contributed by atoms with Crippen LogP contribution in [0.5, 0.6) is 0 Å². The largest absolute Gasteiger partial charge is 0.495 e. The monoisotopic (exact) mass is 255 g/mol. The summed E-state index contributed by atoms with van der Waals surface area (Å²) in [7, 11) is 0. The predicted molar refractivity (Wildman–Crippen MR) is 68.0 cm³/mol. The Morgan fingerprint density at radius 2 is 2.39 bits per heavy atom. The highest BCUT2D eigenvalue weighted by Gasteiger charge is 2.29. The van der Waals surface area contributed by atoms with Crippen molar-refractivity contribution < 1.29 is 19.4 Å². The highest BCUT2D eigenvalue weighted by atomic mass is 16.5. The van der Waals surface area contributed by atoms with E-state index in [-0.39, 0.29) is 24.7 Å². The third-order valence-electron chi connectivity index (χ3n) is 3.15. The van der Waals surface area contributed by atoms with Crippen LogP contribution in [0, 0.1) is 5.92 Å². The van der Waals surface area contributed by atoms with Crippen LogP contribution < -0.4 is 5.73 Å². The SMILES string of the molecule is C=C/C(C)=C1/OCC(OCC(=O)O)CC(N)C1C. The first-order valence-electron chi connectivity index (χ1n) is 6.00. The van der Waals surface area contributed by atoms with E-state index < -0.39 is 5.97 Å². The number of hydrogen-bond donors (Lipinski definition) is 2. The topological polar surface area (TPSA) is 81.8 Å². The summed E-state index contributed by atoms with van der Waals surface area (Å²) in [5.41, 5.74) is 7.04. The summed E-state index contributed by atoms with van der Waals surface area (Å²) in [6.45, 7) is 7.63. The predicted octanol–water partition coefficient (Wildman–Crippen LogP) is 1.30. The fourth-order valence-electron chi connectivity index (χ4n) is 1.96. The molecule has 1 rings (SSSR count). The van der Waals surface area contributed by atoms with Crippen molar-refractivity contribution in [2.75, 3.05) is 13.2 Å². The highest BCUT2D eigenvalue weighted by Crippen LogP contribution is 2.26. The second-order valence-electron chi connectivity index (χ2n) is 4.58. The van der Waals surface area contributed by atoms with E-state index in [4.69, 9.17) is 20.3 Å². The molecule has 0 saturated carbocycles. The molecule has 3 N–H and O–H groups in total. The molecule has 0 aromatic carbocycles. The number of hydrogen-bond acceptors (Lipinski definition) is 4. The van der Waals surface area contributed by atoms with Crippen molar-refractivity contribution in [2.24, 2.45) is 11.7 Å². The van der Waals surface area contributed by atoms with Gasteiger partial charge in [-0.25, -0.2) is 4.79 Å². The van der Waals surface area contributed by atoms with Crippen molar-refractivity contribution in [3.63, 3.8) is 0 Å². The molecule has 0 aromatic heterocycles. The van der Waals surface area contributed by atoms with Crippen LogP contribution in [-0.4, -0.2) is 36.4 Å². The van der Waals surface area contributed by atoms with Gasteiger partial charge in [-0.3, -0.25) is 0 Å². The summed E-state index contributed by atoms with van der Waals surface area (Å²) < 4.78 is 10.9. The molecule has 0 aromatic rings. The molecule has 0 radical (unpaired) electrons. The first-order valence-corrected chi connectivity index (χ1v) is 6.00. The minimum atomic E-state index is -0.987. The van der Waals surface area contributed by atoms with Crippen molar-refractivity contribution in [3.8, 4) is 0 Å². The smallest absolute Gasteiger partial charge is 0.329 e. The Balaban J connectivity index is 2.73. The van der Waals surface area contributed by atoms with E-state index in [0.717, 1.165) is 11.3 Å². The van der Waals surface area contributed by atoms with Crippen LogP contribution in [-0.2, 0) is 14.3 Å².